The predicted molar refractivity (Wildman–Crippen MR) is 90.4 cm³/mol. The van der Waals surface area contributed by atoms with Crippen LogP contribution in [0.25, 0.3) is 21.9 Å². The van der Waals surface area contributed by atoms with Crippen LogP contribution < -0.4 is 4.90 Å². The van der Waals surface area contributed by atoms with Gasteiger partial charge in [-0.05, 0) is 34.7 Å². The number of alkyl halides is 3. The lowest BCUT2D eigenvalue weighted by Crippen LogP contribution is -2.08. The molecule has 0 unspecified atom stereocenters. The number of anilines is 1. The Hall–Kier alpha value is -2.69. The molecule has 3 rings (SSSR count). The summed E-state index contributed by atoms with van der Waals surface area (Å²) in [5.74, 6) is 0.159. The first-order valence-corrected chi connectivity index (χ1v) is 7.38. The maximum Gasteiger partial charge on any atom is 0.416 e. The molecule has 2 nitrogen and oxygen atoms in total. The molecule has 0 bridgehead atoms. The maximum atomic E-state index is 12.7. The highest BCUT2D eigenvalue weighted by Gasteiger charge is 2.30. The monoisotopic (exact) mass is 331 g/mol. The number of benzene rings is 3. The standard InChI is InChI=1S/C19H16F3NO/c1-23(2)17-11-10-15-14(4-3-5-16(15)18(17)24)12-6-8-13(9-7-12)19(20,21)22/h3-11,24H,1-2H3. The Kier molecular flexibility index (Phi) is 3.87. The van der Waals surface area contributed by atoms with E-state index in [-0.39, 0.29) is 5.75 Å². The lowest BCUT2D eigenvalue weighted by Gasteiger charge is -2.17. The summed E-state index contributed by atoms with van der Waals surface area (Å²) in [7, 11) is 3.67. The van der Waals surface area contributed by atoms with Gasteiger partial charge in [0.05, 0.1) is 11.3 Å². The number of nitrogens with zero attached hydrogens (tertiary/aromatic N) is 1. The molecule has 0 aliphatic heterocycles. The zero-order valence-electron chi connectivity index (χ0n) is 13.2. The first kappa shape index (κ1) is 16.2. The Bertz CT molecular complexity index is 883. The summed E-state index contributed by atoms with van der Waals surface area (Å²) in [6.07, 6.45) is -4.35. The fourth-order valence-electron chi connectivity index (χ4n) is 2.78. The van der Waals surface area contributed by atoms with Crippen LogP contribution in [0.4, 0.5) is 18.9 Å². The summed E-state index contributed by atoms with van der Waals surface area (Å²) in [6.45, 7) is 0. The van der Waals surface area contributed by atoms with Crippen molar-refractivity contribution in [3.8, 4) is 16.9 Å². The van der Waals surface area contributed by atoms with Gasteiger partial charge in [-0.1, -0.05) is 36.4 Å². The van der Waals surface area contributed by atoms with E-state index in [1.165, 1.54) is 12.1 Å². The molecule has 0 fully saturated rings. The van der Waals surface area contributed by atoms with Gasteiger partial charge in [0.25, 0.3) is 0 Å². The van der Waals surface area contributed by atoms with Gasteiger partial charge in [-0.3, -0.25) is 0 Å². The van der Waals surface area contributed by atoms with E-state index in [0.29, 0.717) is 16.6 Å². The Morgan fingerprint density at radius 1 is 0.833 bits per heavy atom. The second-order valence-electron chi connectivity index (χ2n) is 5.80. The van der Waals surface area contributed by atoms with E-state index in [9.17, 15) is 18.3 Å². The van der Waals surface area contributed by atoms with E-state index in [0.717, 1.165) is 23.1 Å². The quantitative estimate of drug-likeness (QED) is 0.689. The molecule has 24 heavy (non-hydrogen) atoms. The Balaban J connectivity index is 2.15. The van der Waals surface area contributed by atoms with Crippen LogP contribution in [0, 0.1) is 0 Å². The highest BCUT2D eigenvalue weighted by Crippen LogP contribution is 2.39. The zero-order valence-corrected chi connectivity index (χ0v) is 13.2. The van der Waals surface area contributed by atoms with Crippen LogP contribution >= 0.6 is 0 Å². The number of halogens is 3. The van der Waals surface area contributed by atoms with E-state index in [4.69, 9.17) is 0 Å². The van der Waals surface area contributed by atoms with E-state index in [2.05, 4.69) is 0 Å². The maximum absolute atomic E-state index is 12.7. The molecule has 0 aliphatic rings. The average Bonchev–Trinajstić information content (AvgIpc) is 2.54. The summed E-state index contributed by atoms with van der Waals surface area (Å²) in [5.41, 5.74) is 1.46. The van der Waals surface area contributed by atoms with Gasteiger partial charge in [0, 0.05) is 19.5 Å². The van der Waals surface area contributed by atoms with Gasteiger partial charge >= 0.3 is 6.18 Å². The topological polar surface area (TPSA) is 23.5 Å². The summed E-state index contributed by atoms with van der Waals surface area (Å²) < 4.78 is 38.1. The van der Waals surface area contributed by atoms with Crippen molar-refractivity contribution in [2.24, 2.45) is 0 Å². The number of fused-ring (bicyclic) bond motifs is 1. The number of phenols is 1. The molecule has 0 atom stereocenters. The normalized spacial score (nSPS) is 11.7. The first-order valence-electron chi connectivity index (χ1n) is 7.38. The molecule has 0 saturated carbocycles. The molecule has 0 saturated heterocycles. The minimum absolute atomic E-state index is 0.159. The third-order valence-corrected chi connectivity index (χ3v) is 4.02. The van der Waals surface area contributed by atoms with Crippen molar-refractivity contribution >= 4 is 16.5 Å². The van der Waals surface area contributed by atoms with E-state index in [1.54, 1.807) is 23.1 Å². The van der Waals surface area contributed by atoms with Crippen molar-refractivity contribution in [3.63, 3.8) is 0 Å². The van der Waals surface area contributed by atoms with Crippen LogP contribution in [-0.4, -0.2) is 19.2 Å². The SMILES string of the molecule is CN(C)c1ccc2c(-c3ccc(C(F)(F)F)cc3)cccc2c1O. The number of phenolic OH excluding ortho intramolecular Hbond substituents is 1. The minimum atomic E-state index is -4.35. The van der Waals surface area contributed by atoms with Crippen LogP contribution in [0.1, 0.15) is 5.56 Å². The van der Waals surface area contributed by atoms with Crippen LogP contribution in [0.5, 0.6) is 5.75 Å². The largest absolute Gasteiger partial charge is 0.505 e. The lowest BCUT2D eigenvalue weighted by atomic mass is 9.96. The number of rotatable bonds is 2. The summed E-state index contributed by atoms with van der Waals surface area (Å²) in [6, 6.07) is 14.1. The molecule has 124 valence electrons. The van der Waals surface area contributed by atoms with Crippen molar-refractivity contribution in [3.05, 3.63) is 60.2 Å². The first-order chi connectivity index (χ1) is 11.3. The lowest BCUT2D eigenvalue weighted by molar-refractivity contribution is -0.137. The Morgan fingerprint density at radius 3 is 2.08 bits per heavy atom. The number of hydrogen-bond acceptors (Lipinski definition) is 2. The molecule has 0 heterocycles. The summed E-state index contributed by atoms with van der Waals surface area (Å²) in [5, 5.41) is 11.9. The van der Waals surface area contributed by atoms with E-state index >= 15 is 0 Å². The highest BCUT2D eigenvalue weighted by atomic mass is 19.4. The molecule has 0 amide bonds. The van der Waals surface area contributed by atoms with Crippen LogP contribution in [0.2, 0.25) is 0 Å². The molecule has 3 aromatic carbocycles. The highest BCUT2D eigenvalue weighted by molar-refractivity contribution is 6.02. The fourth-order valence-corrected chi connectivity index (χ4v) is 2.78. The molecule has 1 N–H and O–H groups in total. The van der Waals surface area contributed by atoms with Gasteiger partial charge in [-0.25, -0.2) is 0 Å². The van der Waals surface area contributed by atoms with Crippen molar-refractivity contribution < 1.29 is 18.3 Å². The van der Waals surface area contributed by atoms with Crippen LogP contribution in [0.3, 0.4) is 0 Å². The molecule has 0 spiro atoms. The fraction of sp³-hybridized carbons (Fsp3) is 0.158. The van der Waals surface area contributed by atoms with Crippen molar-refractivity contribution in [2.75, 3.05) is 19.0 Å². The third-order valence-electron chi connectivity index (χ3n) is 4.02. The minimum Gasteiger partial charge on any atom is -0.505 e. The smallest absolute Gasteiger partial charge is 0.416 e. The molecular weight excluding hydrogens is 315 g/mol. The molecule has 0 radical (unpaired) electrons. The van der Waals surface area contributed by atoms with Crippen LogP contribution in [-0.2, 0) is 6.18 Å². The van der Waals surface area contributed by atoms with E-state index in [1.807, 2.05) is 26.2 Å². The predicted octanol–water partition coefficient (Wildman–Crippen LogP) is 5.30. The molecule has 0 aliphatic carbocycles. The summed E-state index contributed by atoms with van der Waals surface area (Å²) in [4.78, 5) is 1.81. The van der Waals surface area contributed by atoms with Crippen LogP contribution in [0.15, 0.2) is 54.6 Å². The van der Waals surface area contributed by atoms with Crippen molar-refractivity contribution in [1.29, 1.82) is 0 Å². The van der Waals surface area contributed by atoms with Gasteiger partial charge in [0.1, 0.15) is 5.75 Å². The van der Waals surface area contributed by atoms with Gasteiger partial charge in [0.15, 0.2) is 0 Å². The zero-order chi connectivity index (χ0) is 17.5. The van der Waals surface area contributed by atoms with Crippen molar-refractivity contribution in [2.45, 2.75) is 6.18 Å². The molecule has 5 heteroatoms. The van der Waals surface area contributed by atoms with Gasteiger partial charge in [0.2, 0.25) is 0 Å². The molecular formula is C19H16F3NO. The second-order valence-corrected chi connectivity index (χ2v) is 5.80. The van der Waals surface area contributed by atoms with Gasteiger partial charge in [-0.2, -0.15) is 13.2 Å². The molecule has 0 aromatic heterocycles. The Labute approximate surface area is 137 Å². The number of hydrogen-bond donors (Lipinski definition) is 1. The number of aromatic hydroxyl groups is 1. The second kappa shape index (κ2) is 5.74. The van der Waals surface area contributed by atoms with Crippen molar-refractivity contribution in [1.82, 2.24) is 0 Å². The Morgan fingerprint density at radius 2 is 1.50 bits per heavy atom. The third kappa shape index (κ3) is 2.77. The average molecular weight is 331 g/mol. The van der Waals surface area contributed by atoms with Gasteiger partial charge in [-0.15, -0.1) is 0 Å². The van der Waals surface area contributed by atoms with E-state index < -0.39 is 11.7 Å². The summed E-state index contributed by atoms with van der Waals surface area (Å²) >= 11 is 0. The molecule has 3 aromatic rings. The van der Waals surface area contributed by atoms with Gasteiger partial charge < -0.3 is 10.0 Å².